The molecule has 1 aliphatic carbocycles. The standard InChI is InChI=1S/C18H18ClN5O/c1-10-8-21-9-13(19)17(10)22-18(25)12-5-6-16(20-2)24-15(12)7-14(23-24)11-3-4-11/h5-9,11,20H,3-4H2,1-2H3,(H,21,22,25). The van der Waals surface area contributed by atoms with Crippen LogP contribution in [-0.4, -0.2) is 27.6 Å². The van der Waals surface area contributed by atoms with Gasteiger partial charge in [-0.1, -0.05) is 11.6 Å². The molecule has 0 aliphatic heterocycles. The van der Waals surface area contributed by atoms with Crippen molar-refractivity contribution in [2.24, 2.45) is 0 Å². The summed E-state index contributed by atoms with van der Waals surface area (Å²) in [6, 6.07) is 5.67. The number of rotatable bonds is 4. The molecule has 128 valence electrons. The number of halogens is 1. The fourth-order valence-corrected chi connectivity index (χ4v) is 3.18. The number of nitrogens with one attached hydrogen (secondary N) is 2. The zero-order valence-corrected chi connectivity index (χ0v) is 14.8. The van der Waals surface area contributed by atoms with E-state index in [1.807, 2.05) is 26.1 Å². The molecule has 1 fully saturated rings. The van der Waals surface area contributed by atoms with Crippen molar-refractivity contribution < 1.29 is 4.79 Å². The zero-order valence-electron chi connectivity index (χ0n) is 14.0. The highest BCUT2D eigenvalue weighted by Crippen LogP contribution is 2.40. The van der Waals surface area contributed by atoms with E-state index in [2.05, 4.69) is 20.7 Å². The third kappa shape index (κ3) is 2.82. The van der Waals surface area contributed by atoms with E-state index >= 15 is 0 Å². The van der Waals surface area contributed by atoms with Gasteiger partial charge in [0.2, 0.25) is 0 Å². The van der Waals surface area contributed by atoms with Crippen molar-refractivity contribution in [3.8, 4) is 0 Å². The van der Waals surface area contributed by atoms with E-state index in [1.54, 1.807) is 16.8 Å². The van der Waals surface area contributed by atoms with E-state index in [4.69, 9.17) is 11.6 Å². The van der Waals surface area contributed by atoms with Crippen molar-refractivity contribution >= 4 is 34.5 Å². The van der Waals surface area contributed by atoms with Crippen LogP contribution in [0.25, 0.3) is 5.52 Å². The molecule has 6 nitrogen and oxygen atoms in total. The average molecular weight is 356 g/mol. The van der Waals surface area contributed by atoms with E-state index in [0.29, 0.717) is 22.2 Å². The van der Waals surface area contributed by atoms with Crippen LogP contribution >= 0.6 is 11.6 Å². The molecular weight excluding hydrogens is 338 g/mol. The molecule has 0 saturated heterocycles. The van der Waals surface area contributed by atoms with Crippen molar-refractivity contribution in [2.75, 3.05) is 17.7 Å². The van der Waals surface area contributed by atoms with E-state index in [-0.39, 0.29) is 5.91 Å². The van der Waals surface area contributed by atoms with Crippen LogP contribution in [0.3, 0.4) is 0 Å². The Balaban J connectivity index is 1.76. The fraction of sp³-hybridized carbons (Fsp3) is 0.278. The highest BCUT2D eigenvalue weighted by Gasteiger charge is 2.27. The molecule has 1 saturated carbocycles. The van der Waals surface area contributed by atoms with Crippen molar-refractivity contribution in [1.82, 2.24) is 14.6 Å². The highest BCUT2D eigenvalue weighted by molar-refractivity contribution is 6.34. The number of aryl methyl sites for hydroxylation is 1. The third-order valence-corrected chi connectivity index (χ3v) is 4.75. The van der Waals surface area contributed by atoms with Gasteiger partial charge >= 0.3 is 0 Å². The maximum Gasteiger partial charge on any atom is 0.257 e. The summed E-state index contributed by atoms with van der Waals surface area (Å²) in [5.74, 6) is 1.14. The fourth-order valence-electron chi connectivity index (χ4n) is 2.92. The molecule has 2 N–H and O–H groups in total. The Morgan fingerprint density at radius 3 is 2.80 bits per heavy atom. The molecule has 4 rings (SSSR count). The maximum atomic E-state index is 12.9. The van der Waals surface area contributed by atoms with Crippen molar-refractivity contribution in [3.05, 3.63) is 52.4 Å². The monoisotopic (exact) mass is 355 g/mol. The van der Waals surface area contributed by atoms with Crippen LogP contribution in [0.5, 0.6) is 0 Å². The molecule has 0 atom stereocenters. The molecule has 0 unspecified atom stereocenters. The van der Waals surface area contributed by atoms with Gasteiger partial charge in [0.25, 0.3) is 5.91 Å². The zero-order chi connectivity index (χ0) is 17.6. The number of amides is 1. The van der Waals surface area contributed by atoms with E-state index in [9.17, 15) is 4.79 Å². The number of hydrogen-bond donors (Lipinski definition) is 2. The molecule has 0 bridgehead atoms. The summed E-state index contributed by atoms with van der Waals surface area (Å²) in [7, 11) is 1.84. The number of aromatic nitrogens is 3. The van der Waals surface area contributed by atoms with Gasteiger partial charge in [-0.15, -0.1) is 0 Å². The first-order chi connectivity index (χ1) is 12.1. The number of carbonyl (C=O) groups excluding carboxylic acids is 1. The molecule has 0 spiro atoms. The summed E-state index contributed by atoms with van der Waals surface area (Å²) in [6.07, 6.45) is 5.51. The normalized spacial score (nSPS) is 13.9. The lowest BCUT2D eigenvalue weighted by molar-refractivity contribution is 0.102. The van der Waals surface area contributed by atoms with Gasteiger partial charge < -0.3 is 10.6 Å². The van der Waals surface area contributed by atoms with Gasteiger partial charge in [0, 0.05) is 25.4 Å². The number of pyridine rings is 2. The molecular formula is C18H18ClN5O. The van der Waals surface area contributed by atoms with Crippen LogP contribution in [0.4, 0.5) is 11.5 Å². The summed E-state index contributed by atoms with van der Waals surface area (Å²) in [4.78, 5) is 16.9. The lowest BCUT2D eigenvalue weighted by atomic mass is 10.1. The number of nitrogens with zero attached hydrogens (tertiary/aromatic N) is 3. The Hall–Kier alpha value is -2.60. The predicted molar refractivity (Wildman–Crippen MR) is 98.7 cm³/mol. The average Bonchev–Trinajstić information content (AvgIpc) is 3.35. The lowest BCUT2D eigenvalue weighted by Crippen LogP contribution is -2.15. The van der Waals surface area contributed by atoms with Crippen LogP contribution in [0.2, 0.25) is 5.02 Å². The number of hydrogen-bond acceptors (Lipinski definition) is 4. The first-order valence-corrected chi connectivity index (χ1v) is 8.58. The van der Waals surface area contributed by atoms with E-state index < -0.39 is 0 Å². The summed E-state index contributed by atoms with van der Waals surface area (Å²) in [6.45, 7) is 1.86. The molecule has 1 aliphatic rings. The quantitative estimate of drug-likeness (QED) is 0.745. The summed E-state index contributed by atoms with van der Waals surface area (Å²) in [5.41, 5.74) is 3.78. The molecule has 3 heterocycles. The topological polar surface area (TPSA) is 71.3 Å². The van der Waals surface area contributed by atoms with Gasteiger partial charge in [-0.25, -0.2) is 4.52 Å². The Morgan fingerprint density at radius 2 is 2.12 bits per heavy atom. The van der Waals surface area contributed by atoms with Gasteiger partial charge in [0.05, 0.1) is 27.5 Å². The summed E-state index contributed by atoms with van der Waals surface area (Å²) < 4.78 is 1.80. The van der Waals surface area contributed by atoms with E-state index in [1.165, 1.54) is 6.20 Å². The van der Waals surface area contributed by atoms with Crippen LogP contribution in [0.1, 0.15) is 40.4 Å². The number of fused-ring (bicyclic) bond motifs is 1. The first-order valence-electron chi connectivity index (χ1n) is 8.20. The van der Waals surface area contributed by atoms with Crippen molar-refractivity contribution in [3.63, 3.8) is 0 Å². The van der Waals surface area contributed by atoms with Gasteiger partial charge in [0.15, 0.2) is 0 Å². The van der Waals surface area contributed by atoms with Gasteiger partial charge in [-0.05, 0) is 43.5 Å². The van der Waals surface area contributed by atoms with Crippen LogP contribution in [0, 0.1) is 6.92 Å². The number of anilines is 2. The second-order valence-corrected chi connectivity index (χ2v) is 6.70. The smallest absolute Gasteiger partial charge is 0.257 e. The second kappa shape index (κ2) is 6.04. The van der Waals surface area contributed by atoms with Crippen LogP contribution < -0.4 is 10.6 Å². The SMILES string of the molecule is CNc1ccc(C(=O)Nc2c(C)cncc2Cl)c2cc(C3CC3)nn12. The molecule has 0 aromatic carbocycles. The molecule has 1 amide bonds. The molecule has 25 heavy (non-hydrogen) atoms. The van der Waals surface area contributed by atoms with Gasteiger partial charge in [0.1, 0.15) is 5.82 Å². The maximum absolute atomic E-state index is 12.9. The Bertz CT molecular complexity index is 957. The molecule has 0 radical (unpaired) electrons. The minimum Gasteiger partial charge on any atom is -0.373 e. The van der Waals surface area contributed by atoms with Crippen molar-refractivity contribution in [2.45, 2.75) is 25.7 Å². The molecule has 3 aromatic rings. The molecule has 3 aromatic heterocycles. The highest BCUT2D eigenvalue weighted by atomic mass is 35.5. The Kier molecular flexibility index (Phi) is 3.84. The van der Waals surface area contributed by atoms with Crippen LogP contribution in [-0.2, 0) is 0 Å². The predicted octanol–water partition coefficient (Wildman–Crippen LogP) is 3.86. The summed E-state index contributed by atoms with van der Waals surface area (Å²) in [5, 5.41) is 11.1. The minimum atomic E-state index is -0.217. The third-order valence-electron chi connectivity index (χ3n) is 4.46. The van der Waals surface area contributed by atoms with E-state index in [0.717, 1.165) is 35.4 Å². The first kappa shape index (κ1) is 15.9. The van der Waals surface area contributed by atoms with Crippen molar-refractivity contribution in [1.29, 1.82) is 0 Å². The second-order valence-electron chi connectivity index (χ2n) is 6.29. The Morgan fingerprint density at radius 1 is 1.32 bits per heavy atom. The molecule has 7 heteroatoms. The Labute approximate surface area is 150 Å². The summed E-state index contributed by atoms with van der Waals surface area (Å²) >= 11 is 6.18. The largest absolute Gasteiger partial charge is 0.373 e. The number of carbonyl (C=O) groups is 1. The van der Waals surface area contributed by atoms with Gasteiger partial charge in [-0.3, -0.25) is 9.78 Å². The van der Waals surface area contributed by atoms with Gasteiger partial charge in [-0.2, -0.15) is 5.10 Å². The lowest BCUT2D eigenvalue weighted by Gasteiger charge is -2.11. The minimum absolute atomic E-state index is 0.217. The van der Waals surface area contributed by atoms with Crippen LogP contribution in [0.15, 0.2) is 30.6 Å².